The van der Waals surface area contributed by atoms with E-state index in [9.17, 15) is 40.5 Å². The predicted octanol–water partition coefficient (Wildman–Crippen LogP) is -1.03. The van der Waals surface area contributed by atoms with Crippen LogP contribution in [0.2, 0.25) is 0 Å². The van der Waals surface area contributed by atoms with Gasteiger partial charge in [-0.15, -0.1) is 0 Å². The normalized spacial score (nSPS) is 27.0. The molecule has 0 bridgehead atoms. The second-order valence-electron chi connectivity index (χ2n) is 8.48. The van der Waals surface area contributed by atoms with Crippen molar-refractivity contribution in [2.75, 3.05) is 6.61 Å². The summed E-state index contributed by atoms with van der Waals surface area (Å²) in [5.41, 5.74) is -1.17. The van der Waals surface area contributed by atoms with Gasteiger partial charge < -0.3 is 50.0 Å². The van der Waals surface area contributed by atoms with Crippen LogP contribution < -0.4 is 4.74 Å². The summed E-state index contributed by atoms with van der Waals surface area (Å²) < 4.78 is 16.0. The number of phenols is 1. The Morgan fingerprint density at radius 1 is 1.00 bits per heavy atom. The molecule has 11 heteroatoms. The molecule has 1 aliphatic rings. The Labute approximate surface area is 201 Å². The number of ether oxygens (including phenoxy) is 3. The summed E-state index contributed by atoms with van der Waals surface area (Å²) in [6.07, 6.45) is -8.73. The lowest BCUT2D eigenvalue weighted by atomic mass is 9.89. The fourth-order valence-corrected chi connectivity index (χ4v) is 3.55. The van der Waals surface area contributed by atoms with Gasteiger partial charge in [0, 0.05) is 6.42 Å². The maximum absolute atomic E-state index is 12.6. The van der Waals surface area contributed by atoms with Crippen molar-refractivity contribution >= 4 is 5.97 Å². The quantitative estimate of drug-likeness (QED) is 0.211. The number of carbonyl (C=O) groups is 1. The molecule has 0 aliphatic carbocycles. The molecule has 2 aromatic carbocycles. The first kappa shape index (κ1) is 26.8. The minimum Gasteiger partial charge on any atom is -0.508 e. The SMILES string of the molecule is C[C@H](O)[C@](O)(Cc1ccc(O)cc1)C(=O)OCc1ccc(O[C@H]2O[C@@H](CO)[C@@H](O)[C@@H](O)[C@H]2O)cc1. The summed E-state index contributed by atoms with van der Waals surface area (Å²) in [7, 11) is 0. The third kappa shape index (κ3) is 6.27. The Bertz CT molecular complexity index is 960. The van der Waals surface area contributed by atoms with Crippen LogP contribution in [0.3, 0.4) is 0 Å². The van der Waals surface area contributed by atoms with Crippen LogP contribution >= 0.6 is 0 Å². The molecular weight excluding hydrogens is 464 g/mol. The van der Waals surface area contributed by atoms with Crippen molar-refractivity contribution in [3.8, 4) is 11.5 Å². The molecule has 192 valence electrons. The van der Waals surface area contributed by atoms with Gasteiger partial charge in [0.15, 0.2) is 5.60 Å². The minimum atomic E-state index is -2.21. The van der Waals surface area contributed by atoms with Crippen molar-refractivity contribution in [1.29, 1.82) is 0 Å². The Morgan fingerprint density at radius 2 is 1.60 bits per heavy atom. The van der Waals surface area contributed by atoms with Crippen LogP contribution in [0.15, 0.2) is 48.5 Å². The van der Waals surface area contributed by atoms with Crippen molar-refractivity contribution < 1.29 is 54.8 Å². The monoisotopic (exact) mass is 494 g/mol. The lowest BCUT2D eigenvalue weighted by Gasteiger charge is -2.39. The fraction of sp³-hybridized carbons (Fsp3) is 0.458. The zero-order valence-corrected chi connectivity index (χ0v) is 19.0. The van der Waals surface area contributed by atoms with Gasteiger partial charge in [-0.25, -0.2) is 4.79 Å². The van der Waals surface area contributed by atoms with Crippen LogP contribution in [0, 0.1) is 0 Å². The summed E-state index contributed by atoms with van der Waals surface area (Å²) in [5.74, 6) is -0.768. The van der Waals surface area contributed by atoms with Gasteiger partial charge in [-0.05, 0) is 42.3 Å². The van der Waals surface area contributed by atoms with E-state index in [-0.39, 0.29) is 24.5 Å². The zero-order valence-electron chi connectivity index (χ0n) is 19.0. The highest BCUT2D eigenvalue weighted by molar-refractivity contribution is 5.80. The molecule has 1 aliphatic heterocycles. The van der Waals surface area contributed by atoms with E-state index in [1.165, 1.54) is 43.3 Å². The second kappa shape index (κ2) is 11.3. The molecule has 0 aromatic heterocycles. The molecule has 1 fully saturated rings. The topological polar surface area (TPSA) is 186 Å². The first-order chi connectivity index (χ1) is 16.5. The van der Waals surface area contributed by atoms with Crippen LogP contribution in [-0.4, -0.2) is 90.7 Å². The van der Waals surface area contributed by atoms with E-state index in [0.717, 1.165) is 0 Å². The Morgan fingerprint density at radius 3 is 2.17 bits per heavy atom. The molecule has 0 saturated carbocycles. The average Bonchev–Trinajstić information content (AvgIpc) is 2.84. The van der Waals surface area contributed by atoms with E-state index in [2.05, 4.69) is 0 Å². The van der Waals surface area contributed by atoms with Gasteiger partial charge in [0.1, 0.15) is 42.5 Å². The van der Waals surface area contributed by atoms with Crippen LogP contribution in [0.4, 0.5) is 0 Å². The average molecular weight is 494 g/mol. The summed E-state index contributed by atoms with van der Waals surface area (Å²) in [6, 6.07) is 11.9. The first-order valence-corrected chi connectivity index (χ1v) is 11.0. The van der Waals surface area contributed by atoms with E-state index in [1.807, 2.05) is 0 Å². The molecule has 0 amide bonds. The van der Waals surface area contributed by atoms with Crippen LogP contribution in [0.5, 0.6) is 11.5 Å². The maximum atomic E-state index is 12.6. The highest BCUT2D eigenvalue weighted by Gasteiger charge is 2.45. The Hall–Kier alpha value is -2.77. The molecule has 2 aromatic rings. The molecule has 11 nitrogen and oxygen atoms in total. The van der Waals surface area contributed by atoms with Crippen molar-refractivity contribution in [3.05, 3.63) is 59.7 Å². The number of carbonyl (C=O) groups excluding carboxylic acids is 1. The summed E-state index contributed by atoms with van der Waals surface area (Å²) >= 11 is 0. The number of rotatable bonds is 9. The van der Waals surface area contributed by atoms with Gasteiger partial charge in [0.05, 0.1) is 12.7 Å². The van der Waals surface area contributed by atoms with E-state index in [1.54, 1.807) is 12.1 Å². The van der Waals surface area contributed by atoms with Gasteiger partial charge in [0.2, 0.25) is 6.29 Å². The van der Waals surface area contributed by atoms with Crippen molar-refractivity contribution in [2.45, 2.75) is 62.4 Å². The van der Waals surface area contributed by atoms with Gasteiger partial charge in [-0.2, -0.15) is 0 Å². The molecule has 0 unspecified atom stereocenters. The lowest BCUT2D eigenvalue weighted by Crippen LogP contribution is -2.60. The standard InChI is InChI=1S/C24H30O11/c1-13(26)24(32,10-14-2-6-16(27)7-3-14)23(31)33-12-15-4-8-17(9-5-15)34-22-21(30)20(29)19(28)18(11-25)35-22/h2-9,13,18-22,25-30,32H,10-12H2,1H3/t13-,18-,19+,20+,21+,22-,24+/m0/s1. The lowest BCUT2D eigenvalue weighted by molar-refractivity contribution is -0.277. The molecular formula is C24H30O11. The highest BCUT2D eigenvalue weighted by atomic mass is 16.7. The van der Waals surface area contributed by atoms with E-state index in [4.69, 9.17) is 14.2 Å². The van der Waals surface area contributed by atoms with E-state index >= 15 is 0 Å². The van der Waals surface area contributed by atoms with Crippen molar-refractivity contribution in [3.63, 3.8) is 0 Å². The smallest absolute Gasteiger partial charge is 0.341 e. The third-order valence-electron chi connectivity index (χ3n) is 5.85. The molecule has 7 atom stereocenters. The zero-order chi connectivity index (χ0) is 25.8. The van der Waals surface area contributed by atoms with Crippen LogP contribution in [0.1, 0.15) is 18.1 Å². The number of aliphatic hydroxyl groups is 6. The van der Waals surface area contributed by atoms with Crippen molar-refractivity contribution in [2.24, 2.45) is 0 Å². The number of aromatic hydroxyl groups is 1. The molecule has 3 rings (SSSR count). The Kier molecular flexibility index (Phi) is 8.67. The number of aliphatic hydroxyl groups excluding tert-OH is 5. The van der Waals surface area contributed by atoms with Crippen molar-refractivity contribution in [1.82, 2.24) is 0 Å². The van der Waals surface area contributed by atoms with Gasteiger partial charge in [-0.3, -0.25) is 0 Å². The van der Waals surface area contributed by atoms with Crippen LogP contribution in [-0.2, 0) is 27.3 Å². The molecule has 7 N–H and O–H groups in total. The molecule has 1 heterocycles. The maximum Gasteiger partial charge on any atom is 0.341 e. The largest absolute Gasteiger partial charge is 0.508 e. The molecule has 1 saturated heterocycles. The van der Waals surface area contributed by atoms with Gasteiger partial charge >= 0.3 is 5.97 Å². The molecule has 0 spiro atoms. The number of hydrogen-bond acceptors (Lipinski definition) is 11. The van der Waals surface area contributed by atoms with Crippen LogP contribution in [0.25, 0.3) is 0 Å². The first-order valence-electron chi connectivity index (χ1n) is 11.0. The number of benzene rings is 2. The second-order valence-corrected chi connectivity index (χ2v) is 8.48. The van der Waals surface area contributed by atoms with E-state index in [0.29, 0.717) is 11.1 Å². The molecule has 0 radical (unpaired) electrons. The van der Waals surface area contributed by atoms with E-state index < -0.39 is 55.0 Å². The fourth-order valence-electron chi connectivity index (χ4n) is 3.55. The van der Waals surface area contributed by atoms with Gasteiger partial charge in [0.25, 0.3) is 0 Å². The summed E-state index contributed by atoms with van der Waals surface area (Å²) in [6.45, 7) is 0.470. The number of esters is 1. The van der Waals surface area contributed by atoms with Gasteiger partial charge in [-0.1, -0.05) is 24.3 Å². The third-order valence-corrected chi connectivity index (χ3v) is 5.85. The summed E-state index contributed by atoms with van der Waals surface area (Å²) in [5, 5.41) is 69.2. The number of hydrogen-bond donors (Lipinski definition) is 7. The minimum absolute atomic E-state index is 0.0240. The predicted molar refractivity (Wildman–Crippen MR) is 119 cm³/mol. The Balaban J connectivity index is 1.59. The molecule has 35 heavy (non-hydrogen) atoms. The summed E-state index contributed by atoms with van der Waals surface area (Å²) in [4.78, 5) is 12.6. The highest BCUT2D eigenvalue weighted by Crippen LogP contribution is 2.25. The number of phenolic OH excluding ortho intramolecular Hbond substituents is 1.